The summed E-state index contributed by atoms with van der Waals surface area (Å²) in [7, 11) is 1.57. The molecule has 0 fully saturated rings. The van der Waals surface area contributed by atoms with E-state index in [4.69, 9.17) is 16.3 Å². The molecule has 0 bridgehead atoms. The third kappa shape index (κ3) is 3.90. The van der Waals surface area contributed by atoms with E-state index >= 15 is 0 Å². The van der Waals surface area contributed by atoms with Crippen LogP contribution in [0, 0.1) is 10.5 Å². The molecule has 6 heteroatoms. The minimum atomic E-state index is -0.225. The maximum absolute atomic E-state index is 12.3. The van der Waals surface area contributed by atoms with Crippen LogP contribution >= 0.6 is 50.1 Å². The Bertz CT molecular complexity index is 706. The molecule has 0 aliphatic carbocycles. The normalized spacial score (nSPS) is 10.3. The number of aryl methyl sites for hydroxylation is 1. The number of rotatable bonds is 3. The summed E-state index contributed by atoms with van der Waals surface area (Å²) in [5.74, 6) is 0.379. The predicted octanol–water partition coefficient (Wildman–Crippen LogP) is 5.28. The maximum atomic E-state index is 12.3. The quantitative estimate of drug-likeness (QED) is 0.608. The number of halogens is 3. The van der Waals surface area contributed by atoms with Crippen molar-refractivity contribution in [2.24, 2.45) is 0 Å². The van der Waals surface area contributed by atoms with E-state index in [0.717, 1.165) is 13.6 Å². The fraction of sp³-hybridized carbons (Fsp3) is 0.133. The summed E-state index contributed by atoms with van der Waals surface area (Å²) >= 11 is 11.6. The number of amides is 1. The molecule has 0 aliphatic heterocycles. The first-order valence-corrected chi connectivity index (χ1v) is 8.28. The SMILES string of the molecule is COc1cc(Br)cc(C)c1NC(=O)c1ccc(I)c(Cl)c1. The molecule has 0 radical (unpaired) electrons. The van der Waals surface area contributed by atoms with Crippen molar-refractivity contribution in [1.29, 1.82) is 0 Å². The molecule has 2 aromatic carbocycles. The largest absolute Gasteiger partial charge is 0.495 e. The molecule has 0 spiro atoms. The van der Waals surface area contributed by atoms with E-state index in [-0.39, 0.29) is 5.91 Å². The van der Waals surface area contributed by atoms with Gasteiger partial charge in [0, 0.05) is 13.6 Å². The van der Waals surface area contributed by atoms with Crippen LogP contribution in [-0.4, -0.2) is 13.0 Å². The van der Waals surface area contributed by atoms with Crippen molar-refractivity contribution >= 4 is 61.7 Å². The van der Waals surface area contributed by atoms with Crippen LogP contribution in [0.3, 0.4) is 0 Å². The molecule has 2 aromatic rings. The summed E-state index contributed by atoms with van der Waals surface area (Å²) in [6, 6.07) is 8.93. The van der Waals surface area contributed by atoms with Gasteiger partial charge >= 0.3 is 0 Å². The first-order chi connectivity index (χ1) is 9.92. The molecule has 110 valence electrons. The molecule has 3 nitrogen and oxygen atoms in total. The van der Waals surface area contributed by atoms with E-state index in [0.29, 0.717) is 22.0 Å². The summed E-state index contributed by atoms with van der Waals surface area (Å²) in [6.45, 7) is 1.91. The molecule has 0 saturated carbocycles. The first-order valence-electron chi connectivity index (χ1n) is 6.03. The number of anilines is 1. The van der Waals surface area contributed by atoms with Gasteiger partial charge < -0.3 is 10.1 Å². The number of methoxy groups -OCH3 is 1. The number of nitrogens with one attached hydrogen (secondary N) is 1. The zero-order valence-corrected chi connectivity index (χ0v) is 15.8. The van der Waals surface area contributed by atoms with Gasteiger partial charge in [0.05, 0.1) is 17.8 Å². The molecular formula is C15H12BrClINO2. The van der Waals surface area contributed by atoms with E-state index in [1.807, 2.05) is 25.1 Å². The van der Waals surface area contributed by atoms with Crippen LogP contribution < -0.4 is 10.1 Å². The standard InChI is InChI=1S/C15H12BrClINO2/c1-8-5-10(16)7-13(21-2)14(8)19-15(20)9-3-4-12(18)11(17)6-9/h3-7H,1-2H3,(H,19,20). The van der Waals surface area contributed by atoms with E-state index < -0.39 is 0 Å². The predicted molar refractivity (Wildman–Crippen MR) is 97.6 cm³/mol. The molecule has 1 amide bonds. The highest BCUT2D eigenvalue weighted by Crippen LogP contribution is 2.32. The lowest BCUT2D eigenvalue weighted by Gasteiger charge is -2.14. The van der Waals surface area contributed by atoms with Crippen molar-refractivity contribution in [1.82, 2.24) is 0 Å². The molecule has 0 aliphatic rings. The third-order valence-corrected chi connectivity index (χ3v) is 4.93. The highest BCUT2D eigenvalue weighted by molar-refractivity contribution is 14.1. The minimum Gasteiger partial charge on any atom is -0.495 e. The lowest BCUT2D eigenvalue weighted by molar-refractivity contribution is 0.102. The van der Waals surface area contributed by atoms with Gasteiger partial charge in [-0.25, -0.2) is 0 Å². The Morgan fingerprint density at radius 1 is 1.33 bits per heavy atom. The van der Waals surface area contributed by atoms with Crippen LogP contribution in [0.4, 0.5) is 5.69 Å². The lowest BCUT2D eigenvalue weighted by Crippen LogP contribution is -2.13. The van der Waals surface area contributed by atoms with Gasteiger partial charge in [-0.1, -0.05) is 27.5 Å². The van der Waals surface area contributed by atoms with E-state index in [9.17, 15) is 4.79 Å². The zero-order chi connectivity index (χ0) is 15.6. The molecule has 0 aromatic heterocycles. The monoisotopic (exact) mass is 479 g/mol. The van der Waals surface area contributed by atoms with Crippen LogP contribution in [0.2, 0.25) is 5.02 Å². The molecule has 21 heavy (non-hydrogen) atoms. The number of hydrogen-bond donors (Lipinski definition) is 1. The molecule has 0 heterocycles. The average molecular weight is 481 g/mol. The van der Waals surface area contributed by atoms with Gasteiger partial charge in [0.1, 0.15) is 5.75 Å². The summed E-state index contributed by atoms with van der Waals surface area (Å²) < 4.78 is 7.12. The molecule has 0 atom stereocenters. The van der Waals surface area contributed by atoms with E-state index in [2.05, 4.69) is 43.8 Å². The fourth-order valence-corrected chi connectivity index (χ4v) is 2.92. The van der Waals surface area contributed by atoms with Crippen LogP contribution in [0.1, 0.15) is 15.9 Å². The molecule has 0 saturated heterocycles. The smallest absolute Gasteiger partial charge is 0.255 e. The number of benzene rings is 2. The van der Waals surface area contributed by atoms with Crippen molar-refractivity contribution in [2.45, 2.75) is 6.92 Å². The maximum Gasteiger partial charge on any atom is 0.255 e. The molecule has 0 unspecified atom stereocenters. The van der Waals surface area contributed by atoms with E-state index in [1.54, 1.807) is 19.2 Å². The van der Waals surface area contributed by atoms with Crippen molar-refractivity contribution in [2.75, 3.05) is 12.4 Å². The van der Waals surface area contributed by atoms with Crippen LogP contribution in [-0.2, 0) is 0 Å². The fourth-order valence-electron chi connectivity index (χ4n) is 1.86. The number of hydrogen-bond acceptors (Lipinski definition) is 2. The lowest BCUT2D eigenvalue weighted by atomic mass is 10.1. The van der Waals surface area contributed by atoms with Gasteiger partial charge in [0.25, 0.3) is 5.91 Å². The van der Waals surface area contributed by atoms with E-state index in [1.165, 1.54) is 0 Å². The van der Waals surface area contributed by atoms with Gasteiger partial charge in [-0.2, -0.15) is 0 Å². The van der Waals surface area contributed by atoms with Crippen molar-refractivity contribution in [3.05, 3.63) is 54.5 Å². The number of carbonyl (C=O) groups is 1. The zero-order valence-electron chi connectivity index (χ0n) is 11.3. The van der Waals surface area contributed by atoms with Gasteiger partial charge in [-0.3, -0.25) is 4.79 Å². The Balaban J connectivity index is 2.33. The summed E-state index contributed by atoms with van der Waals surface area (Å²) in [6.07, 6.45) is 0. The van der Waals surface area contributed by atoms with Crippen molar-refractivity contribution < 1.29 is 9.53 Å². The average Bonchev–Trinajstić information content (AvgIpc) is 2.44. The molecular weight excluding hydrogens is 468 g/mol. The van der Waals surface area contributed by atoms with Gasteiger partial charge in [-0.15, -0.1) is 0 Å². The van der Waals surface area contributed by atoms with Crippen LogP contribution in [0.5, 0.6) is 5.75 Å². The third-order valence-electron chi connectivity index (χ3n) is 2.90. The highest BCUT2D eigenvalue weighted by atomic mass is 127. The van der Waals surface area contributed by atoms with Crippen molar-refractivity contribution in [3.63, 3.8) is 0 Å². The van der Waals surface area contributed by atoms with Crippen LogP contribution in [0.15, 0.2) is 34.8 Å². The second-order valence-corrected chi connectivity index (χ2v) is 6.87. The summed E-state index contributed by atoms with van der Waals surface area (Å²) in [5.41, 5.74) is 2.07. The summed E-state index contributed by atoms with van der Waals surface area (Å²) in [4.78, 5) is 12.3. The Labute approximate surface area is 150 Å². The highest BCUT2D eigenvalue weighted by Gasteiger charge is 2.14. The number of ether oxygens (including phenoxy) is 1. The Morgan fingerprint density at radius 3 is 2.67 bits per heavy atom. The topological polar surface area (TPSA) is 38.3 Å². The molecule has 2 rings (SSSR count). The second-order valence-electron chi connectivity index (χ2n) is 4.38. The number of carbonyl (C=O) groups excluding carboxylic acids is 1. The van der Waals surface area contributed by atoms with Gasteiger partial charge in [0.2, 0.25) is 0 Å². The van der Waals surface area contributed by atoms with Crippen molar-refractivity contribution in [3.8, 4) is 5.75 Å². The minimum absolute atomic E-state index is 0.225. The Morgan fingerprint density at radius 2 is 2.05 bits per heavy atom. The van der Waals surface area contributed by atoms with Gasteiger partial charge in [0.15, 0.2) is 0 Å². The Hall–Kier alpha value is -0.790. The summed E-state index contributed by atoms with van der Waals surface area (Å²) in [5, 5.41) is 3.43. The first kappa shape index (κ1) is 16.6. The van der Waals surface area contributed by atoms with Gasteiger partial charge in [-0.05, 0) is 65.4 Å². The van der Waals surface area contributed by atoms with Crippen LogP contribution in [0.25, 0.3) is 0 Å². The Kier molecular flexibility index (Phi) is 5.51. The molecule has 1 N–H and O–H groups in total. The second kappa shape index (κ2) is 6.98.